The van der Waals surface area contributed by atoms with Crippen molar-refractivity contribution in [2.75, 3.05) is 23.7 Å². The number of pyridine rings is 1. The molecule has 5 heteroatoms. The van der Waals surface area contributed by atoms with E-state index in [1.165, 1.54) is 0 Å². The summed E-state index contributed by atoms with van der Waals surface area (Å²) in [6.45, 7) is 3.45. The molecule has 1 fully saturated rings. The second-order valence-corrected chi connectivity index (χ2v) is 4.55. The van der Waals surface area contributed by atoms with Gasteiger partial charge in [-0.25, -0.2) is 4.98 Å². The number of primary amides is 1. The molecule has 0 radical (unpaired) electrons. The van der Waals surface area contributed by atoms with Crippen molar-refractivity contribution in [3.63, 3.8) is 0 Å². The third-order valence-corrected chi connectivity index (χ3v) is 3.31. The first-order valence-corrected chi connectivity index (χ1v) is 5.85. The number of carbonyl (C=O) groups is 1. The predicted octanol–water partition coefficient (Wildman–Crippen LogP) is 0.674. The Morgan fingerprint density at radius 2 is 2.35 bits per heavy atom. The van der Waals surface area contributed by atoms with Gasteiger partial charge < -0.3 is 16.4 Å². The van der Waals surface area contributed by atoms with Gasteiger partial charge in [0.2, 0.25) is 5.91 Å². The van der Waals surface area contributed by atoms with Gasteiger partial charge in [0, 0.05) is 19.3 Å². The molecule has 1 amide bonds. The minimum Gasteiger partial charge on any atom is -0.396 e. The second-order valence-electron chi connectivity index (χ2n) is 4.55. The maximum Gasteiger partial charge on any atom is 0.222 e. The molecule has 4 N–H and O–H groups in total. The standard InChI is InChI=1S/C12H18N4O/c1-8-4-5-15-12(10(8)13)16-6-2-3-9(7-16)11(14)17/h4-5,9H,2-3,6-7,13H2,1H3,(H2,14,17). The highest BCUT2D eigenvalue weighted by atomic mass is 16.1. The number of hydrogen-bond donors (Lipinski definition) is 2. The van der Waals surface area contributed by atoms with E-state index in [0.717, 1.165) is 30.8 Å². The van der Waals surface area contributed by atoms with Gasteiger partial charge in [-0.2, -0.15) is 0 Å². The molecule has 0 aliphatic carbocycles. The maximum atomic E-state index is 11.2. The summed E-state index contributed by atoms with van der Waals surface area (Å²) >= 11 is 0. The van der Waals surface area contributed by atoms with Gasteiger partial charge >= 0.3 is 0 Å². The molecule has 1 aromatic rings. The van der Waals surface area contributed by atoms with Gasteiger partial charge in [-0.05, 0) is 31.4 Å². The first-order valence-electron chi connectivity index (χ1n) is 5.85. The van der Waals surface area contributed by atoms with Crippen molar-refractivity contribution in [3.05, 3.63) is 17.8 Å². The highest BCUT2D eigenvalue weighted by molar-refractivity contribution is 5.78. The zero-order valence-corrected chi connectivity index (χ0v) is 10.0. The Kier molecular flexibility index (Phi) is 3.17. The quantitative estimate of drug-likeness (QED) is 0.787. The zero-order chi connectivity index (χ0) is 12.4. The lowest BCUT2D eigenvalue weighted by Gasteiger charge is -2.32. The van der Waals surface area contributed by atoms with Crippen molar-refractivity contribution >= 4 is 17.4 Å². The van der Waals surface area contributed by atoms with Crippen molar-refractivity contribution in [2.24, 2.45) is 11.7 Å². The van der Waals surface area contributed by atoms with Crippen molar-refractivity contribution in [3.8, 4) is 0 Å². The maximum absolute atomic E-state index is 11.2. The van der Waals surface area contributed by atoms with Gasteiger partial charge in [0.15, 0.2) is 5.82 Å². The number of anilines is 2. The summed E-state index contributed by atoms with van der Waals surface area (Å²) < 4.78 is 0. The highest BCUT2D eigenvalue weighted by Gasteiger charge is 2.25. The average Bonchev–Trinajstić information content (AvgIpc) is 2.33. The van der Waals surface area contributed by atoms with Gasteiger partial charge in [0.25, 0.3) is 0 Å². The molecular weight excluding hydrogens is 216 g/mol. The molecular formula is C12H18N4O. The lowest BCUT2D eigenvalue weighted by Crippen LogP contribution is -2.41. The molecule has 1 aromatic heterocycles. The van der Waals surface area contributed by atoms with Crippen LogP contribution in [0.3, 0.4) is 0 Å². The molecule has 1 saturated heterocycles. The number of carbonyl (C=O) groups excluding carboxylic acids is 1. The van der Waals surface area contributed by atoms with Gasteiger partial charge in [-0.15, -0.1) is 0 Å². The number of piperidine rings is 1. The fourth-order valence-corrected chi connectivity index (χ4v) is 2.21. The Balaban J connectivity index is 2.22. The smallest absolute Gasteiger partial charge is 0.222 e. The summed E-state index contributed by atoms with van der Waals surface area (Å²) in [5, 5.41) is 0. The Morgan fingerprint density at radius 3 is 3.06 bits per heavy atom. The van der Waals surface area contributed by atoms with Crippen LogP contribution in [0.2, 0.25) is 0 Å². The number of rotatable bonds is 2. The molecule has 5 nitrogen and oxygen atoms in total. The minimum atomic E-state index is -0.235. The molecule has 0 spiro atoms. The first-order chi connectivity index (χ1) is 8.09. The van der Waals surface area contributed by atoms with Crippen LogP contribution in [0.25, 0.3) is 0 Å². The van der Waals surface area contributed by atoms with Gasteiger partial charge in [-0.1, -0.05) is 0 Å². The molecule has 17 heavy (non-hydrogen) atoms. The Hall–Kier alpha value is -1.78. The fraction of sp³-hybridized carbons (Fsp3) is 0.500. The van der Waals surface area contributed by atoms with Crippen molar-refractivity contribution in [1.82, 2.24) is 4.98 Å². The summed E-state index contributed by atoms with van der Waals surface area (Å²) in [5.74, 6) is 0.447. The Labute approximate surface area is 101 Å². The van der Waals surface area contributed by atoms with Crippen LogP contribution < -0.4 is 16.4 Å². The van der Waals surface area contributed by atoms with Crippen molar-refractivity contribution in [2.45, 2.75) is 19.8 Å². The van der Waals surface area contributed by atoms with E-state index in [4.69, 9.17) is 11.5 Å². The molecule has 2 heterocycles. The third-order valence-electron chi connectivity index (χ3n) is 3.31. The van der Waals surface area contributed by atoms with Crippen LogP contribution in [-0.4, -0.2) is 24.0 Å². The number of hydrogen-bond acceptors (Lipinski definition) is 4. The summed E-state index contributed by atoms with van der Waals surface area (Å²) in [5.41, 5.74) is 13.1. The fourth-order valence-electron chi connectivity index (χ4n) is 2.21. The van der Waals surface area contributed by atoms with Crippen LogP contribution >= 0.6 is 0 Å². The number of nitrogens with two attached hydrogens (primary N) is 2. The molecule has 1 atom stereocenters. The summed E-state index contributed by atoms with van der Waals surface area (Å²) in [6.07, 6.45) is 3.55. The van der Waals surface area contributed by atoms with Crippen LogP contribution in [0.4, 0.5) is 11.5 Å². The van der Waals surface area contributed by atoms with Crippen LogP contribution in [0.5, 0.6) is 0 Å². The van der Waals surface area contributed by atoms with Crippen molar-refractivity contribution in [1.29, 1.82) is 0 Å². The van der Waals surface area contributed by atoms with E-state index < -0.39 is 0 Å². The molecule has 0 aromatic carbocycles. The van der Waals surface area contributed by atoms with Crippen LogP contribution in [-0.2, 0) is 4.79 Å². The molecule has 0 bridgehead atoms. The van der Waals surface area contributed by atoms with Crippen LogP contribution in [0.1, 0.15) is 18.4 Å². The number of amides is 1. The van der Waals surface area contributed by atoms with E-state index in [1.54, 1.807) is 6.20 Å². The minimum absolute atomic E-state index is 0.0922. The number of nitrogens with zero attached hydrogens (tertiary/aromatic N) is 2. The summed E-state index contributed by atoms with van der Waals surface area (Å²) in [7, 11) is 0. The number of aryl methyl sites for hydroxylation is 1. The molecule has 1 unspecified atom stereocenters. The second kappa shape index (κ2) is 4.61. The summed E-state index contributed by atoms with van der Waals surface area (Å²) in [4.78, 5) is 17.6. The molecule has 2 rings (SSSR count). The topological polar surface area (TPSA) is 85.2 Å². The third kappa shape index (κ3) is 2.33. The lowest BCUT2D eigenvalue weighted by atomic mass is 9.97. The van der Waals surface area contributed by atoms with Crippen LogP contribution in [0, 0.1) is 12.8 Å². The van der Waals surface area contributed by atoms with Gasteiger partial charge in [0.1, 0.15) is 0 Å². The SMILES string of the molecule is Cc1ccnc(N2CCCC(C(N)=O)C2)c1N. The molecule has 1 aliphatic rings. The molecule has 92 valence electrons. The Morgan fingerprint density at radius 1 is 1.59 bits per heavy atom. The first kappa shape index (κ1) is 11.7. The van der Waals surface area contributed by atoms with E-state index in [0.29, 0.717) is 12.2 Å². The van der Waals surface area contributed by atoms with E-state index in [1.807, 2.05) is 13.0 Å². The highest BCUT2D eigenvalue weighted by Crippen LogP contribution is 2.27. The zero-order valence-electron chi connectivity index (χ0n) is 10.0. The molecule has 1 aliphatic heterocycles. The largest absolute Gasteiger partial charge is 0.396 e. The predicted molar refractivity (Wildman–Crippen MR) is 67.5 cm³/mol. The number of nitrogen functional groups attached to an aromatic ring is 1. The molecule has 0 saturated carbocycles. The van der Waals surface area contributed by atoms with E-state index in [-0.39, 0.29) is 11.8 Å². The van der Waals surface area contributed by atoms with Gasteiger partial charge in [-0.3, -0.25) is 4.79 Å². The normalized spacial score (nSPS) is 20.3. The van der Waals surface area contributed by atoms with E-state index in [9.17, 15) is 4.79 Å². The average molecular weight is 234 g/mol. The van der Waals surface area contributed by atoms with E-state index in [2.05, 4.69) is 9.88 Å². The monoisotopic (exact) mass is 234 g/mol. The number of aromatic nitrogens is 1. The summed E-state index contributed by atoms with van der Waals surface area (Å²) in [6, 6.07) is 1.88. The van der Waals surface area contributed by atoms with Crippen LogP contribution in [0.15, 0.2) is 12.3 Å². The Bertz CT molecular complexity index is 433. The lowest BCUT2D eigenvalue weighted by molar-refractivity contribution is -0.122. The van der Waals surface area contributed by atoms with Gasteiger partial charge in [0.05, 0.1) is 11.6 Å². The van der Waals surface area contributed by atoms with Crippen molar-refractivity contribution < 1.29 is 4.79 Å². The van der Waals surface area contributed by atoms with E-state index >= 15 is 0 Å².